The number of nitrogens with zero attached hydrogens (tertiary/aromatic N) is 2. The van der Waals surface area contributed by atoms with E-state index in [9.17, 15) is 9.90 Å². The predicted molar refractivity (Wildman–Crippen MR) is 167 cm³/mol. The SMILES string of the molecule is COCCO[C@@H]1[C@H](O)[C@@H](C(C)OC(c2ccccc2)(c2ccc(OC)cc2)c2ccc(OC)cc2)O[C@H]1n1ccc(N)nc1=O. The molecule has 0 saturated carbocycles. The summed E-state index contributed by atoms with van der Waals surface area (Å²) in [4.78, 5) is 16.7. The Morgan fingerprint density at radius 2 is 1.47 bits per heavy atom. The molecule has 1 aliphatic rings. The minimum absolute atomic E-state index is 0.0755. The van der Waals surface area contributed by atoms with E-state index in [2.05, 4.69) is 4.98 Å². The topological polar surface area (TPSA) is 137 Å². The lowest BCUT2D eigenvalue weighted by atomic mass is 9.79. The van der Waals surface area contributed by atoms with Gasteiger partial charge in [-0.3, -0.25) is 4.57 Å². The monoisotopic (exact) mass is 617 g/mol. The summed E-state index contributed by atoms with van der Waals surface area (Å²) in [7, 11) is 4.78. The number of hydrogen-bond donors (Lipinski definition) is 2. The summed E-state index contributed by atoms with van der Waals surface area (Å²) in [6.07, 6.45) is -3.27. The number of aliphatic hydroxyl groups excluding tert-OH is 1. The van der Waals surface area contributed by atoms with Crippen LogP contribution >= 0.6 is 0 Å². The molecule has 0 amide bonds. The molecule has 0 radical (unpaired) electrons. The normalized spacial score (nSPS) is 20.6. The lowest BCUT2D eigenvalue weighted by molar-refractivity contribution is -0.138. The Balaban J connectivity index is 1.59. The average Bonchev–Trinajstić information content (AvgIpc) is 3.39. The van der Waals surface area contributed by atoms with Crippen molar-refractivity contribution >= 4 is 5.82 Å². The summed E-state index contributed by atoms with van der Waals surface area (Å²) in [6, 6.07) is 26.6. The van der Waals surface area contributed by atoms with Gasteiger partial charge in [-0.1, -0.05) is 54.6 Å². The summed E-state index contributed by atoms with van der Waals surface area (Å²) in [5.74, 6) is 1.46. The zero-order valence-corrected chi connectivity index (χ0v) is 25.7. The van der Waals surface area contributed by atoms with E-state index in [1.54, 1.807) is 21.3 Å². The highest BCUT2D eigenvalue weighted by atomic mass is 16.6. The number of anilines is 1. The van der Waals surface area contributed by atoms with Gasteiger partial charge >= 0.3 is 5.69 Å². The van der Waals surface area contributed by atoms with E-state index in [-0.39, 0.29) is 19.0 Å². The van der Waals surface area contributed by atoms with Crippen LogP contribution in [0.4, 0.5) is 5.82 Å². The minimum Gasteiger partial charge on any atom is -0.497 e. The van der Waals surface area contributed by atoms with Gasteiger partial charge in [-0.2, -0.15) is 4.98 Å². The van der Waals surface area contributed by atoms with E-state index in [0.717, 1.165) is 16.7 Å². The van der Waals surface area contributed by atoms with Crippen LogP contribution in [0.15, 0.2) is 95.9 Å². The third kappa shape index (κ3) is 6.58. The Labute approximate surface area is 262 Å². The minimum atomic E-state index is -1.17. The molecule has 1 fully saturated rings. The number of aliphatic hydroxyl groups is 1. The fourth-order valence-corrected chi connectivity index (χ4v) is 5.73. The fourth-order valence-electron chi connectivity index (χ4n) is 5.73. The molecule has 0 bridgehead atoms. The van der Waals surface area contributed by atoms with E-state index in [1.807, 2.05) is 85.8 Å². The number of ether oxygens (including phenoxy) is 6. The molecule has 1 saturated heterocycles. The van der Waals surface area contributed by atoms with E-state index in [1.165, 1.54) is 16.8 Å². The second-order valence-corrected chi connectivity index (χ2v) is 10.7. The fraction of sp³-hybridized carbons (Fsp3) is 0.353. The van der Waals surface area contributed by atoms with E-state index >= 15 is 0 Å². The van der Waals surface area contributed by atoms with Gasteiger partial charge in [0.1, 0.15) is 41.2 Å². The highest BCUT2D eigenvalue weighted by Crippen LogP contribution is 2.44. The molecule has 11 nitrogen and oxygen atoms in total. The van der Waals surface area contributed by atoms with Gasteiger partial charge in [0.2, 0.25) is 0 Å². The van der Waals surface area contributed by atoms with Crippen LogP contribution in [0.25, 0.3) is 0 Å². The molecule has 238 valence electrons. The van der Waals surface area contributed by atoms with Crippen molar-refractivity contribution < 1.29 is 33.5 Å². The summed E-state index contributed by atoms with van der Waals surface area (Å²) < 4.78 is 36.9. The van der Waals surface area contributed by atoms with Gasteiger partial charge in [-0.15, -0.1) is 0 Å². The first-order valence-corrected chi connectivity index (χ1v) is 14.6. The molecule has 3 aromatic carbocycles. The summed E-state index contributed by atoms with van der Waals surface area (Å²) in [5, 5.41) is 11.7. The number of methoxy groups -OCH3 is 3. The Hall–Kier alpha value is -4.26. The second kappa shape index (κ2) is 14.2. The molecular formula is C34H39N3O8. The molecular weight excluding hydrogens is 578 g/mol. The Kier molecular flexibility index (Phi) is 10.2. The van der Waals surface area contributed by atoms with Gasteiger partial charge in [-0.05, 0) is 53.9 Å². The molecule has 1 aliphatic heterocycles. The van der Waals surface area contributed by atoms with Crippen LogP contribution in [-0.4, -0.2) is 73.6 Å². The van der Waals surface area contributed by atoms with Crippen molar-refractivity contribution in [2.45, 2.75) is 43.2 Å². The van der Waals surface area contributed by atoms with Crippen molar-refractivity contribution in [1.29, 1.82) is 0 Å². The van der Waals surface area contributed by atoms with Crippen molar-refractivity contribution in [1.82, 2.24) is 9.55 Å². The van der Waals surface area contributed by atoms with Gasteiger partial charge in [0.15, 0.2) is 6.23 Å². The average molecular weight is 618 g/mol. The smallest absolute Gasteiger partial charge is 0.351 e. The highest BCUT2D eigenvalue weighted by Gasteiger charge is 2.51. The molecule has 1 aromatic heterocycles. The van der Waals surface area contributed by atoms with Crippen molar-refractivity contribution in [3.63, 3.8) is 0 Å². The molecule has 4 aromatic rings. The predicted octanol–water partition coefficient (Wildman–Crippen LogP) is 3.53. The Bertz CT molecular complexity index is 1530. The van der Waals surface area contributed by atoms with Crippen LogP contribution in [0.1, 0.15) is 29.8 Å². The first kappa shape index (κ1) is 32.1. The largest absolute Gasteiger partial charge is 0.497 e. The Morgan fingerprint density at radius 3 is 2.00 bits per heavy atom. The molecule has 5 rings (SSSR count). The quantitative estimate of drug-likeness (QED) is 0.169. The van der Waals surface area contributed by atoms with Crippen LogP contribution in [0.5, 0.6) is 11.5 Å². The van der Waals surface area contributed by atoms with Crippen LogP contribution in [-0.2, 0) is 24.5 Å². The standard InChI is InChI=1S/C34H39N3O8/c1-22(30-29(38)31(43-21-20-40-2)32(44-30)37-19-18-28(35)36-33(37)39)45-34(23-8-6-5-7-9-23,24-10-14-26(41-3)15-11-24)25-12-16-27(42-4)17-13-25/h5-19,22,29-32,38H,20-21H2,1-4H3,(H2,35,36,39)/t22?,29-,30-,31-,32-/m1/s1. The molecule has 3 N–H and O–H groups in total. The Morgan fingerprint density at radius 1 is 0.889 bits per heavy atom. The summed E-state index contributed by atoms with van der Waals surface area (Å²) >= 11 is 0. The molecule has 45 heavy (non-hydrogen) atoms. The molecule has 11 heteroatoms. The van der Waals surface area contributed by atoms with Gasteiger partial charge in [0, 0.05) is 13.3 Å². The van der Waals surface area contributed by atoms with E-state index in [4.69, 9.17) is 34.2 Å². The third-order valence-corrected chi connectivity index (χ3v) is 7.97. The number of nitrogens with two attached hydrogens (primary N) is 1. The number of hydrogen-bond acceptors (Lipinski definition) is 10. The van der Waals surface area contributed by atoms with Gasteiger partial charge < -0.3 is 39.3 Å². The third-order valence-electron chi connectivity index (χ3n) is 7.97. The van der Waals surface area contributed by atoms with Crippen LogP contribution in [0, 0.1) is 0 Å². The molecule has 2 heterocycles. The lowest BCUT2D eigenvalue weighted by Crippen LogP contribution is -2.45. The van der Waals surface area contributed by atoms with Crippen molar-refractivity contribution in [3.05, 3.63) is 118 Å². The maximum Gasteiger partial charge on any atom is 0.351 e. The van der Waals surface area contributed by atoms with Gasteiger partial charge in [0.05, 0.1) is 33.5 Å². The van der Waals surface area contributed by atoms with Crippen molar-refractivity contribution in [3.8, 4) is 11.5 Å². The lowest BCUT2D eigenvalue weighted by Gasteiger charge is -2.40. The first-order valence-electron chi connectivity index (χ1n) is 14.6. The maximum absolute atomic E-state index is 12.9. The zero-order chi connectivity index (χ0) is 32.0. The molecule has 0 aliphatic carbocycles. The van der Waals surface area contributed by atoms with Crippen LogP contribution in [0.2, 0.25) is 0 Å². The second-order valence-electron chi connectivity index (χ2n) is 10.7. The number of aromatic nitrogens is 2. The van der Waals surface area contributed by atoms with Crippen LogP contribution < -0.4 is 20.9 Å². The van der Waals surface area contributed by atoms with Gasteiger partial charge in [0.25, 0.3) is 0 Å². The van der Waals surface area contributed by atoms with E-state index < -0.39 is 41.9 Å². The molecule has 0 spiro atoms. The molecule has 5 atom stereocenters. The van der Waals surface area contributed by atoms with Gasteiger partial charge in [-0.25, -0.2) is 4.79 Å². The highest BCUT2D eigenvalue weighted by molar-refractivity contribution is 5.50. The van der Waals surface area contributed by atoms with E-state index in [0.29, 0.717) is 11.5 Å². The molecule has 1 unspecified atom stereocenters. The first-order chi connectivity index (χ1) is 21.8. The van der Waals surface area contributed by atoms with Crippen molar-refractivity contribution in [2.75, 3.05) is 40.3 Å². The van der Waals surface area contributed by atoms with Crippen molar-refractivity contribution in [2.24, 2.45) is 0 Å². The maximum atomic E-state index is 12.9. The summed E-state index contributed by atoms with van der Waals surface area (Å²) in [6.45, 7) is 2.29. The number of rotatable bonds is 13. The zero-order valence-electron chi connectivity index (χ0n) is 25.7. The van der Waals surface area contributed by atoms with Crippen LogP contribution in [0.3, 0.4) is 0 Å². The number of benzene rings is 3. The number of nitrogen functional groups attached to an aromatic ring is 1. The summed E-state index contributed by atoms with van der Waals surface area (Å²) in [5.41, 5.74) is 6.44.